The van der Waals surface area contributed by atoms with Gasteiger partial charge in [-0.05, 0) is 25.7 Å². The summed E-state index contributed by atoms with van der Waals surface area (Å²) < 4.78 is 5.07. The maximum absolute atomic E-state index is 11.9. The molecule has 0 radical (unpaired) electrons. The van der Waals surface area contributed by atoms with Crippen LogP contribution >= 0.6 is 0 Å². The Hall–Kier alpha value is -1.36. The van der Waals surface area contributed by atoms with Crippen LogP contribution in [-0.2, 0) is 14.3 Å². The summed E-state index contributed by atoms with van der Waals surface area (Å²) in [6, 6.07) is 0. The Bertz CT molecular complexity index is 360. The van der Waals surface area contributed by atoms with E-state index < -0.39 is 12.1 Å². The Balaban J connectivity index is 1.94. The molecule has 0 unspecified atom stereocenters. The Morgan fingerprint density at radius 1 is 1.41 bits per heavy atom. The molecule has 1 atom stereocenters. The molecule has 1 aliphatic carbocycles. The van der Waals surface area contributed by atoms with Crippen LogP contribution in [0.3, 0.4) is 0 Å². The summed E-state index contributed by atoms with van der Waals surface area (Å²) >= 11 is 0. The molecular weight excluding hydrogens is 222 g/mol. The minimum atomic E-state index is -1.01. The van der Waals surface area contributed by atoms with E-state index in [1.807, 2.05) is 6.92 Å². The van der Waals surface area contributed by atoms with Crippen molar-refractivity contribution in [2.24, 2.45) is 5.92 Å². The molecule has 0 spiro atoms. The van der Waals surface area contributed by atoms with Crippen molar-refractivity contribution in [1.29, 1.82) is 0 Å². The maximum Gasteiger partial charge on any atom is 0.334 e. The molecule has 2 fully saturated rings. The van der Waals surface area contributed by atoms with Crippen LogP contribution in [0, 0.1) is 5.92 Å². The van der Waals surface area contributed by atoms with Gasteiger partial charge in [0.05, 0.1) is 13.2 Å². The van der Waals surface area contributed by atoms with Gasteiger partial charge in [0, 0.05) is 12.6 Å². The van der Waals surface area contributed by atoms with E-state index in [-0.39, 0.29) is 12.5 Å². The van der Waals surface area contributed by atoms with Crippen LogP contribution < -0.4 is 0 Å². The van der Waals surface area contributed by atoms with E-state index in [1.54, 1.807) is 11.0 Å². The minimum Gasteiger partial charge on any atom is -0.479 e. The molecule has 17 heavy (non-hydrogen) atoms. The highest BCUT2D eigenvalue weighted by Gasteiger charge is 2.29. The van der Waals surface area contributed by atoms with E-state index in [0.717, 1.165) is 18.4 Å². The number of ether oxygens (including phenoxy) is 1. The predicted molar refractivity (Wildman–Crippen MR) is 60.4 cm³/mol. The Labute approximate surface area is 100 Å². The summed E-state index contributed by atoms with van der Waals surface area (Å²) in [5.41, 5.74) is 1.10. The first kappa shape index (κ1) is 12.1. The van der Waals surface area contributed by atoms with Crippen LogP contribution in [0.25, 0.3) is 0 Å². The van der Waals surface area contributed by atoms with Crippen LogP contribution in [-0.4, -0.2) is 47.7 Å². The number of carboxylic acid groups (broad SMARTS) is 1. The number of carbonyl (C=O) groups is 2. The second kappa shape index (κ2) is 4.87. The molecule has 2 aliphatic rings. The number of allylic oxidation sites excluding steroid dienone is 1. The number of rotatable bonds is 3. The van der Waals surface area contributed by atoms with Gasteiger partial charge in [-0.1, -0.05) is 5.57 Å². The smallest absolute Gasteiger partial charge is 0.334 e. The standard InChI is InChI=1S/C12H17NO4/c1-8(9-2-3-9)6-11(14)13-4-5-17-10(7-13)12(15)16/h6,9-10H,2-5,7H2,1H3,(H,15,16)/b8-6-/t10-/m0/s1. The third kappa shape index (κ3) is 3.06. The van der Waals surface area contributed by atoms with Gasteiger partial charge in [-0.3, -0.25) is 4.79 Å². The molecular formula is C12H17NO4. The lowest BCUT2D eigenvalue weighted by Crippen LogP contribution is -2.48. The summed E-state index contributed by atoms with van der Waals surface area (Å²) in [5.74, 6) is -0.537. The molecule has 0 bridgehead atoms. The zero-order valence-electron chi connectivity index (χ0n) is 9.89. The van der Waals surface area contributed by atoms with Crippen LogP contribution in [0.2, 0.25) is 0 Å². The van der Waals surface area contributed by atoms with Crippen LogP contribution in [0.1, 0.15) is 19.8 Å². The van der Waals surface area contributed by atoms with Gasteiger partial charge in [0.2, 0.25) is 5.91 Å². The first-order valence-corrected chi connectivity index (χ1v) is 5.89. The lowest BCUT2D eigenvalue weighted by atomic mass is 10.1. The van der Waals surface area contributed by atoms with Crippen molar-refractivity contribution in [1.82, 2.24) is 4.90 Å². The topological polar surface area (TPSA) is 66.8 Å². The van der Waals surface area contributed by atoms with Gasteiger partial charge in [-0.15, -0.1) is 0 Å². The second-order valence-corrected chi connectivity index (χ2v) is 4.64. The van der Waals surface area contributed by atoms with Crippen molar-refractivity contribution in [3.05, 3.63) is 11.6 Å². The van der Waals surface area contributed by atoms with E-state index in [4.69, 9.17) is 9.84 Å². The number of hydrogen-bond donors (Lipinski definition) is 1. The number of amides is 1. The van der Waals surface area contributed by atoms with Crippen LogP contribution in [0.15, 0.2) is 11.6 Å². The summed E-state index contributed by atoms with van der Waals surface area (Å²) in [4.78, 5) is 24.2. The third-order valence-electron chi connectivity index (χ3n) is 3.23. The van der Waals surface area contributed by atoms with E-state index in [1.165, 1.54) is 0 Å². The lowest BCUT2D eigenvalue weighted by molar-refractivity contribution is -0.158. The number of morpholine rings is 1. The van der Waals surface area contributed by atoms with Crippen molar-refractivity contribution in [2.45, 2.75) is 25.9 Å². The van der Waals surface area contributed by atoms with Crippen molar-refractivity contribution in [2.75, 3.05) is 19.7 Å². The fourth-order valence-corrected chi connectivity index (χ4v) is 1.94. The molecule has 0 aromatic carbocycles. The Kier molecular flexibility index (Phi) is 3.47. The van der Waals surface area contributed by atoms with Crippen molar-refractivity contribution >= 4 is 11.9 Å². The van der Waals surface area contributed by atoms with Crippen LogP contribution in [0.5, 0.6) is 0 Å². The second-order valence-electron chi connectivity index (χ2n) is 4.64. The summed E-state index contributed by atoms with van der Waals surface area (Å²) in [7, 11) is 0. The molecule has 1 amide bonds. The number of nitrogens with zero attached hydrogens (tertiary/aromatic N) is 1. The highest BCUT2D eigenvalue weighted by molar-refractivity contribution is 5.89. The predicted octanol–water partition coefficient (Wildman–Crippen LogP) is 0.655. The minimum absolute atomic E-state index is 0.0936. The van der Waals surface area contributed by atoms with E-state index in [0.29, 0.717) is 19.1 Å². The molecule has 5 nitrogen and oxygen atoms in total. The van der Waals surface area contributed by atoms with Crippen molar-refractivity contribution in [3.63, 3.8) is 0 Å². The van der Waals surface area contributed by atoms with E-state index in [9.17, 15) is 9.59 Å². The maximum atomic E-state index is 11.9. The average Bonchev–Trinajstić information content (AvgIpc) is 3.12. The molecule has 1 aliphatic heterocycles. The van der Waals surface area contributed by atoms with Gasteiger partial charge in [-0.2, -0.15) is 0 Å². The summed E-state index contributed by atoms with van der Waals surface area (Å²) in [6.45, 7) is 2.86. The van der Waals surface area contributed by atoms with Gasteiger partial charge < -0.3 is 14.7 Å². The van der Waals surface area contributed by atoms with Gasteiger partial charge in [0.25, 0.3) is 0 Å². The van der Waals surface area contributed by atoms with Crippen molar-refractivity contribution in [3.8, 4) is 0 Å². The zero-order chi connectivity index (χ0) is 12.4. The quantitative estimate of drug-likeness (QED) is 0.734. The summed E-state index contributed by atoms with van der Waals surface area (Å²) in [6.07, 6.45) is 3.08. The fraction of sp³-hybridized carbons (Fsp3) is 0.667. The Morgan fingerprint density at radius 2 is 2.12 bits per heavy atom. The molecule has 1 N–H and O–H groups in total. The highest BCUT2D eigenvalue weighted by atomic mass is 16.5. The monoisotopic (exact) mass is 239 g/mol. The van der Waals surface area contributed by atoms with E-state index >= 15 is 0 Å². The molecule has 5 heteroatoms. The lowest BCUT2D eigenvalue weighted by Gasteiger charge is -2.30. The Morgan fingerprint density at radius 3 is 2.71 bits per heavy atom. The molecule has 0 aromatic heterocycles. The molecule has 1 heterocycles. The third-order valence-corrected chi connectivity index (χ3v) is 3.23. The molecule has 1 saturated heterocycles. The molecule has 0 aromatic rings. The number of carbonyl (C=O) groups excluding carboxylic acids is 1. The summed E-state index contributed by atoms with van der Waals surface area (Å²) in [5, 5.41) is 8.84. The zero-order valence-corrected chi connectivity index (χ0v) is 9.89. The first-order chi connectivity index (χ1) is 8.08. The van der Waals surface area contributed by atoms with E-state index in [2.05, 4.69) is 0 Å². The van der Waals surface area contributed by atoms with Crippen LogP contribution in [0.4, 0.5) is 0 Å². The molecule has 1 saturated carbocycles. The molecule has 94 valence electrons. The average molecular weight is 239 g/mol. The number of hydrogen-bond acceptors (Lipinski definition) is 3. The number of aliphatic carboxylic acids is 1. The number of carboxylic acids is 1. The van der Waals surface area contributed by atoms with Gasteiger partial charge in [0.15, 0.2) is 6.10 Å². The first-order valence-electron chi connectivity index (χ1n) is 5.89. The van der Waals surface area contributed by atoms with Gasteiger partial charge in [-0.25, -0.2) is 4.79 Å². The SMILES string of the molecule is C/C(=C/C(=O)N1CCO[C@H](C(=O)O)C1)C1CC1. The largest absolute Gasteiger partial charge is 0.479 e. The normalized spacial score (nSPS) is 25.8. The fourth-order valence-electron chi connectivity index (χ4n) is 1.94. The van der Waals surface area contributed by atoms with Gasteiger partial charge >= 0.3 is 5.97 Å². The van der Waals surface area contributed by atoms with Gasteiger partial charge in [0.1, 0.15) is 0 Å². The molecule has 2 rings (SSSR count). The highest BCUT2D eigenvalue weighted by Crippen LogP contribution is 2.35. The van der Waals surface area contributed by atoms with Crippen molar-refractivity contribution < 1.29 is 19.4 Å².